The lowest BCUT2D eigenvalue weighted by Crippen LogP contribution is -2.43. The van der Waals surface area contributed by atoms with Crippen LogP contribution in [0, 0.1) is 5.92 Å². The zero-order valence-corrected chi connectivity index (χ0v) is 10.5. The number of halogens is 1. The van der Waals surface area contributed by atoms with E-state index in [0.717, 1.165) is 32.4 Å². The van der Waals surface area contributed by atoms with E-state index >= 15 is 0 Å². The van der Waals surface area contributed by atoms with E-state index < -0.39 is 0 Å². The molecule has 0 spiro atoms. The Bertz CT molecular complexity index is 268. The van der Waals surface area contributed by atoms with Gasteiger partial charge in [-0.25, -0.2) is 0 Å². The van der Waals surface area contributed by atoms with Crippen LogP contribution in [0.2, 0.25) is 0 Å². The van der Waals surface area contributed by atoms with Gasteiger partial charge in [0.05, 0.1) is 0 Å². The van der Waals surface area contributed by atoms with Gasteiger partial charge in [0.15, 0.2) is 0 Å². The van der Waals surface area contributed by atoms with Crippen molar-refractivity contribution in [1.82, 2.24) is 10.2 Å². The second-order valence-electron chi connectivity index (χ2n) is 5.34. The molecule has 0 aromatic carbocycles. The Morgan fingerprint density at radius 2 is 1.81 bits per heavy atom. The highest BCUT2D eigenvalue weighted by atomic mass is 35.5. The van der Waals surface area contributed by atoms with Gasteiger partial charge < -0.3 is 10.2 Å². The number of hydrogen-bond donors (Lipinski definition) is 1. The van der Waals surface area contributed by atoms with Gasteiger partial charge in [-0.05, 0) is 32.1 Å². The number of carbonyl (C=O) groups is 1. The molecule has 2 bridgehead atoms. The van der Waals surface area contributed by atoms with E-state index in [4.69, 9.17) is 0 Å². The number of hydrogen-bond acceptors (Lipinski definition) is 2. The van der Waals surface area contributed by atoms with Crippen molar-refractivity contribution < 1.29 is 4.79 Å². The third-order valence-electron chi connectivity index (χ3n) is 4.29. The van der Waals surface area contributed by atoms with E-state index in [0.29, 0.717) is 23.9 Å². The number of nitrogens with one attached hydrogen (secondary N) is 1. The van der Waals surface area contributed by atoms with Gasteiger partial charge in [0.1, 0.15) is 0 Å². The fourth-order valence-corrected chi connectivity index (χ4v) is 3.06. The van der Waals surface area contributed by atoms with E-state index in [2.05, 4.69) is 10.2 Å². The highest BCUT2D eigenvalue weighted by molar-refractivity contribution is 5.85. The van der Waals surface area contributed by atoms with Gasteiger partial charge in [0.2, 0.25) is 5.91 Å². The molecule has 1 saturated carbocycles. The van der Waals surface area contributed by atoms with Gasteiger partial charge in [0.25, 0.3) is 0 Å². The summed E-state index contributed by atoms with van der Waals surface area (Å²) < 4.78 is 0. The van der Waals surface area contributed by atoms with Crippen molar-refractivity contribution in [3.05, 3.63) is 0 Å². The van der Waals surface area contributed by atoms with Crippen molar-refractivity contribution in [1.29, 1.82) is 0 Å². The molecule has 2 heterocycles. The van der Waals surface area contributed by atoms with E-state index in [9.17, 15) is 4.79 Å². The third-order valence-corrected chi connectivity index (χ3v) is 4.29. The molecular formula is C12H21ClN2O. The first-order chi connectivity index (χ1) is 7.33. The zero-order valence-electron chi connectivity index (χ0n) is 9.65. The summed E-state index contributed by atoms with van der Waals surface area (Å²) in [6, 6.07) is 1.27. The Balaban J connectivity index is 0.000000963. The normalized spacial score (nSPS) is 33.9. The molecule has 0 radical (unpaired) electrons. The van der Waals surface area contributed by atoms with Crippen LogP contribution in [-0.2, 0) is 4.79 Å². The molecule has 3 nitrogen and oxygen atoms in total. The van der Waals surface area contributed by atoms with E-state index in [1.165, 1.54) is 19.3 Å². The van der Waals surface area contributed by atoms with Crippen LogP contribution in [0.5, 0.6) is 0 Å². The number of likely N-dealkylation sites (tertiary alicyclic amines) is 1. The van der Waals surface area contributed by atoms with E-state index in [1.54, 1.807) is 0 Å². The predicted octanol–water partition coefficient (Wildman–Crippen LogP) is 1.56. The van der Waals surface area contributed by atoms with Crippen LogP contribution in [0.4, 0.5) is 0 Å². The van der Waals surface area contributed by atoms with Gasteiger partial charge in [0, 0.05) is 31.1 Å². The average molecular weight is 245 g/mol. The maximum absolute atomic E-state index is 12.1. The molecule has 92 valence electrons. The Morgan fingerprint density at radius 3 is 2.50 bits per heavy atom. The molecule has 0 aromatic rings. The van der Waals surface area contributed by atoms with Gasteiger partial charge in [-0.1, -0.05) is 6.42 Å². The summed E-state index contributed by atoms with van der Waals surface area (Å²) in [5.74, 6) is 0.817. The monoisotopic (exact) mass is 244 g/mol. The lowest BCUT2D eigenvalue weighted by molar-refractivity contribution is -0.138. The minimum atomic E-state index is 0. The number of rotatable bonds is 1. The molecule has 2 saturated heterocycles. The van der Waals surface area contributed by atoms with Crippen LogP contribution in [-0.4, -0.2) is 36.0 Å². The third kappa shape index (κ3) is 2.21. The van der Waals surface area contributed by atoms with E-state index in [1.807, 2.05) is 0 Å². The summed E-state index contributed by atoms with van der Waals surface area (Å²) >= 11 is 0. The molecule has 16 heavy (non-hydrogen) atoms. The molecule has 2 aliphatic heterocycles. The summed E-state index contributed by atoms with van der Waals surface area (Å²) in [5, 5.41) is 3.62. The first-order valence-corrected chi connectivity index (χ1v) is 6.38. The minimum Gasteiger partial charge on any atom is -0.341 e. The number of fused-ring (bicyclic) bond motifs is 2. The van der Waals surface area contributed by atoms with Crippen molar-refractivity contribution in [2.24, 2.45) is 5.92 Å². The first kappa shape index (κ1) is 12.2. The maximum atomic E-state index is 12.1. The minimum absolute atomic E-state index is 0. The van der Waals surface area contributed by atoms with Crippen LogP contribution in [0.15, 0.2) is 0 Å². The SMILES string of the molecule is Cl.O=C(C1CCC1)N1CCC2CCC(C1)N2. The molecule has 3 fully saturated rings. The molecule has 0 aromatic heterocycles. The Kier molecular flexibility index (Phi) is 3.75. The number of amides is 1. The van der Waals surface area contributed by atoms with Gasteiger partial charge >= 0.3 is 0 Å². The van der Waals surface area contributed by atoms with Crippen LogP contribution < -0.4 is 5.32 Å². The summed E-state index contributed by atoms with van der Waals surface area (Å²) in [6.45, 7) is 1.95. The van der Waals surface area contributed by atoms with Crippen LogP contribution in [0.1, 0.15) is 38.5 Å². The Morgan fingerprint density at radius 1 is 1.06 bits per heavy atom. The lowest BCUT2D eigenvalue weighted by Gasteiger charge is -2.32. The number of nitrogens with zero attached hydrogens (tertiary/aromatic N) is 1. The second kappa shape index (κ2) is 4.92. The van der Waals surface area contributed by atoms with Crippen molar-refractivity contribution in [2.45, 2.75) is 50.6 Å². The van der Waals surface area contributed by atoms with Crippen molar-refractivity contribution in [3.63, 3.8) is 0 Å². The molecule has 2 unspecified atom stereocenters. The van der Waals surface area contributed by atoms with Crippen molar-refractivity contribution in [3.8, 4) is 0 Å². The van der Waals surface area contributed by atoms with Crippen molar-refractivity contribution >= 4 is 18.3 Å². The molecule has 3 rings (SSSR count). The largest absolute Gasteiger partial charge is 0.341 e. The van der Waals surface area contributed by atoms with E-state index in [-0.39, 0.29) is 12.4 Å². The first-order valence-electron chi connectivity index (χ1n) is 6.38. The highest BCUT2D eigenvalue weighted by Gasteiger charge is 2.35. The van der Waals surface area contributed by atoms with Gasteiger partial charge in [-0.3, -0.25) is 4.79 Å². The molecule has 1 aliphatic carbocycles. The summed E-state index contributed by atoms with van der Waals surface area (Å²) in [5.41, 5.74) is 0. The fourth-order valence-electron chi connectivity index (χ4n) is 3.06. The molecule has 3 aliphatic rings. The Labute approximate surface area is 103 Å². The predicted molar refractivity (Wildman–Crippen MR) is 65.7 cm³/mol. The molecule has 4 heteroatoms. The van der Waals surface area contributed by atoms with Gasteiger partial charge in [-0.2, -0.15) is 0 Å². The standard InChI is InChI=1S/C12H20N2O.ClH/c15-12(9-2-1-3-9)14-7-6-10-4-5-11(8-14)13-10;/h9-11,13H,1-8H2;1H. The molecule has 1 N–H and O–H groups in total. The van der Waals surface area contributed by atoms with Crippen molar-refractivity contribution in [2.75, 3.05) is 13.1 Å². The lowest BCUT2D eigenvalue weighted by atomic mass is 9.84. The highest BCUT2D eigenvalue weighted by Crippen LogP contribution is 2.30. The fraction of sp³-hybridized carbons (Fsp3) is 0.917. The summed E-state index contributed by atoms with van der Waals surface area (Å²) in [6.07, 6.45) is 7.27. The summed E-state index contributed by atoms with van der Waals surface area (Å²) in [4.78, 5) is 14.2. The topological polar surface area (TPSA) is 32.3 Å². The summed E-state index contributed by atoms with van der Waals surface area (Å²) in [7, 11) is 0. The maximum Gasteiger partial charge on any atom is 0.225 e. The van der Waals surface area contributed by atoms with Crippen LogP contribution in [0.3, 0.4) is 0 Å². The second-order valence-corrected chi connectivity index (χ2v) is 5.34. The molecule has 2 atom stereocenters. The van der Waals surface area contributed by atoms with Crippen LogP contribution >= 0.6 is 12.4 Å². The number of carbonyl (C=O) groups excluding carboxylic acids is 1. The Hall–Kier alpha value is -0.280. The molecular weight excluding hydrogens is 224 g/mol. The smallest absolute Gasteiger partial charge is 0.225 e. The van der Waals surface area contributed by atoms with Crippen LogP contribution in [0.25, 0.3) is 0 Å². The quantitative estimate of drug-likeness (QED) is 0.759. The van der Waals surface area contributed by atoms with Gasteiger partial charge in [-0.15, -0.1) is 12.4 Å². The zero-order chi connectivity index (χ0) is 10.3. The average Bonchev–Trinajstić information content (AvgIpc) is 2.42. The molecule has 1 amide bonds.